The normalized spacial score (nSPS) is 16.7. The summed E-state index contributed by atoms with van der Waals surface area (Å²) in [7, 11) is 2.08. The van der Waals surface area contributed by atoms with Crippen LogP contribution in [0.2, 0.25) is 0 Å². The first-order chi connectivity index (χ1) is 15.1. The molecule has 4 nitrogen and oxygen atoms in total. The van der Waals surface area contributed by atoms with Gasteiger partial charge in [-0.25, -0.2) is 0 Å². The van der Waals surface area contributed by atoms with Crippen molar-refractivity contribution < 1.29 is 0 Å². The fraction of sp³-hybridized carbons (Fsp3) is 0.154. The van der Waals surface area contributed by atoms with E-state index in [1.54, 1.807) is 11.8 Å². The lowest BCUT2D eigenvalue weighted by molar-refractivity contribution is 0.402. The van der Waals surface area contributed by atoms with Crippen molar-refractivity contribution in [2.75, 3.05) is 7.05 Å². The molecule has 5 rings (SSSR count). The molecule has 0 saturated heterocycles. The minimum Gasteiger partial charge on any atom is -0.346 e. The zero-order chi connectivity index (χ0) is 21.4. The van der Waals surface area contributed by atoms with Crippen LogP contribution in [0.15, 0.2) is 106 Å². The van der Waals surface area contributed by atoms with E-state index in [-0.39, 0.29) is 5.50 Å². The van der Waals surface area contributed by atoms with Gasteiger partial charge in [0.05, 0.1) is 11.2 Å². The highest BCUT2D eigenvalue weighted by molar-refractivity contribution is 8.03. The lowest BCUT2D eigenvalue weighted by Gasteiger charge is -2.17. The largest absolute Gasteiger partial charge is 0.346 e. The van der Waals surface area contributed by atoms with Gasteiger partial charge in [-0.05, 0) is 32.0 Å². The molecule has 0 aliphatic carbocycles. The van der Waals surface area contributed by atoms with Crippen LogP contribution in [0.5, 0.6) is 0 Å². The number of para-hydroxylation sites is 2. The van der Waals surface area contributed by atoms with Crippen molar-refractivity contribution >= 4 is 28.4 Å². The summed E-state index contributed by atoms with van der Waals surface area (Å²) in [6, 6.07) is 29.3. The lowest BCUT2D eigenvalue weighted by Crippen LogP contribution is -2.20. The first-order valence-corrected chi connectivity index (χ1v) is 11.2. The minimum atomic E-state index is -0.0394. The average Bonchev–Trinajstić information content (AvgIpc) is 3.28. The molecule has 1 atom stereocenters. The maximum absolute atomic E-state index is 4.87. The van der Waals surface area contributed by atoms with Crippen molar-refractivity contribution in [1.82, 2.24) is 9.47 Å². The summed E-state index contributed by atoms with van der Waals surface area (Å²) in [5, 5.41) is 10.7. The fourth-order valence-electron chi connectivity index (χ4n) is 3.98. The molecular weight excluding hydrogens is 400 g/mol. The van der Waals surface area contributed by atoms with Gasteiger partial charge in [0.2, 0.25) is 0 Å². The van der Waals surface area contributed by atoms with Crippen molar-refractivity contribution in [3.63, 3.8) is 0 Å². The second-order valence-corrected chi connectivity index (χ2v) is 8.93. The molecule has 2 heterocycles. The molecular formula is C26H24N4S. The van der Waals surface area contributed by atoms with Gasteiger partial charge in [0.25, 0.3) is 0 Å². The van der Waals surface area contributed by atoms with Gasteiger partial charge in [0.15, 0.2) is 5.50 Å². The van der Waals surface area contributed by atoms with E-state index in [4.69, 9.17) is 10.2 Å². The number of thioether (sulfide) groups is 1. The third kappa shape index (κ3) is 3.45. The number of fused-ring (bicyclic) bond motifs is 1. The summed E-state index contributed by atoms with van der Waals surface area (Å²) < 4.78 is 2.29. The van der Waals surface area contributed by atoms with Crippen LogP contribution in [0.3, 0.4) is 0 Å². The molecule has 31 heavy (non-hydrogen) atoms. The first-order valence-electron chi connectivity index (χ1n) is 10.4. The number of hydrogen-bond donors (Lipinski definition) is 0. The molecule has 0 fully saturated rings. The molecule has 0 N–H and O–H groups in total. The Bertz CT molecular complexity index is 1290. The number of nitrogens with zero attached hydrogens (tertiary/aromatic N) is 4. The highest BCUT2D eigenvalue weighted by atomic mass is 32.2. The molecule has 5 heteroatoms. The predicted molar refractivity (Wildman–Crippen MR) is 131 cm³/mol. The summed E-state index contributed by atoms with van der Waals surface area (Å²) in [4.78, 5) is 3.48. The van der Waals surface area contributed by atoms with Gasteiger partial charge in [-0.1, -0.05) is 78.5 Å². The Labute approximate surface area is 186 Å². The number of hydrogen-bond acceptors (Lipinski definition) is 4. The molecule has 0 amide bonds. The summed E-state index contributed by atoms with van der Waals surface area (Å²) >= 11 is 1.75. The van der Waals surface area contributed by atoms with E-state index in [1.807, 2.05) is 12.1 Å². The fourth-order valence-corrected chi connectivity index (χ4v) is 5.02. The Kier molecular flexibility index (Phi) is 5.12. The van der Waals surface area contributed by atoms with Crippen LogP contribution in [0.4, 0.5) is 5.69 Å². The lowest BCUT2D eigenvalue weighted by atomic mass is 10.1. The van der Waals surface area contributed by atoms with E-state index in [0.717, 1.165) is 33.5 Å². The highest BCUT2D eigenvalue weighted by Crippen LogP contribution is 2.43. The zero-order valence-electron chi connectivity index (χ0n) is 17.9. The summed E-state index contributed by atoms with van der Waals surface area (Å²) in [5.74, 6) is 0. The molecule has 3 aromatic carbocycles. The third-order valence-corrected chi connectivity index (χ3v) is 7.09. The van der Waals surface area contributed by atoms with E-state index in [0.29, 0.717) is 0 Å². The van der Waals surface area contributed by atoms with Gasteiger partial charge < -0.3 is 9.47 Å². The van der Waals surface area contributed by atoms with Gasteiger partial charge in [-0.15, -0.1) is 0 Å². The number of aromatic nitrogens is 1. The van der Waals surface area contributed by atoms with Crippen LogP contribution in [0.1, 0.15) is 13.8 Å². The second kappa shape index (κ2) is 8.08. The van der Waals surface area contributed by atoms with Crippen LogP contribution in [-0.2, 0) is 0 Å². The van der Waals surface area contributed by atoms with Gasteiger partial charge in [-0.3, -0.25) is 0 Å². The Balaban J connectivity index is 1.74. The van der Waals surface area contributed by atoms with Crippen LogP contribution < -0.4 is 0 Å². The summed E-state index contributed by atoms with van der Waals surface area (Å²) in [6.07, 6.45) is 0. The molecule has 1 unspecified atom stereocenters. The monoisotopic (exact) mass is 424 g/mol. The molecule has 1 aliphatic heterocycles. The molecule has 0 bridgehead atoms. The summed E-state index contributed by atoms with van der Waals surface area (Å²) in [5.41, 5.74) is 6.53. The van der Waals surface area contributed by atoms with Crippen molar-refractivity contribution in [2.24, 2.45) is 10.2 Å². The Hall–Kier alpha value is -3.31. The molecule has 154 valence electrons. The van der Waals surface area contributed by atoms with Crippen LogP contribution in [0.25, 0.3) is 27.8 Å². The summed E-state index contributed by atoms with van der Waals surface area (Å²) in [6.45, 7) is 4.28. The van der Waals surface area contributed by atoms with Crippen molar-refractivity contribution in [3.8, 4) is 16.9 Å². The van der Waals surface area contributed by atoms with Crippen molar-refractivity contribution in [2.45, 2.75) is 19.3 Å². The number of azo groups is 1. The number of allylic oxidation sites excluding steroid dienone is 2. The smallest absolute Gasteiger partial charge is 0.193 e. The molecule has 1 aliphatic rings. The van der Waals surface area contributed by atoms with E-state index < -0.39 is 0 Å². The first kappa shape index (κ1) is 19.6. The topological polar surface area (TPSA) is 32.9 Å². The van der Waals surface area contributed by atoms with Crippen molar-refractivity contribution in [1.29, 1.82) is 0 Å². The quantitative estimate of drug-likeness (QED) is 0.316. The molecule has 4 aromatic rings. The molecule has 0 radical (unpaired) electrons. The second-order valence-electron chi connectivity index (χ2n) is 7.66. The highest BCUT2D eigenvalue weighted by Gasteiger charge is 2.26. The predicted octanol–water partition coefficient (Wildman–Crippen LogP) is 7.59. The maximum Gasteiger partial charge on any atom is 0.193 e. The Morgan fingerprint density at radius 2 is 1.45 bits per heavy atom. The maximum atomic E-state index is 4.87. The van der Waals surface area contributed by atoms with Crippen LogP contribution >= 0.6 is 11.8 Å². The molecule has 0 saturated carbocycles. The van der Waals surface area contributed by atoms with E-state index in [9.17, 15) is 0 Å². The molecule has 0 spiro atoms. The van der Waals surface area contributed by atoms with Crippen LogP contribution in [-0.4, -0.2) is 22.0 Å². The third-order valence-electron chi connectivity index (χ3n) is 5.82. The van der Waals surface area contributed by atoms with E-state index in [1.165, 1.54) is 10.6 Å². The van der Waals surface area contributed by atoms with E-state index >= 15 is 0 Å². The van der Waals surface area contributed by atoms with Crippen molar-refractivity contribution in [3.05, 3.63) is 95.5 Å². The minimum absolute atomic E-state index is 0.0394. The Morgan fingerprint density at radius 1 is 0.806 bits per heavy atom. The zero-order valence-corrected chi connectivity index (χ0v) is 18.7. The van der Waals surface area contributed by atoms with Gasteiger partial charge in [-0.2, -0.15) is 10.2 Å². The van der Waals surface area contributed by atoms with Crippen LogP contribution in [0, 0.1) is 0 Å². The van der Waals surface area contributed by atoms with Gasteiger partial charge in [0, 0.05) is 34.3 Å². The standard InChI is InChI=1S/C26H24N4S/c1-18-19(2)31-26(29(18)3)28-27-24-22-16-10-11-17-23(22)30(21-14-8-5-9-15-21)25(24)20-12-6-4-7-13-20/h4-17,26H,1-3H3. The van der Waals surface area contributed by atoms with E-state index in [2.05, 4.69) is 103 Å². The SMILES string of the molecule is CC1=C(C)N(C)C(N=Nc2c(-c3ccccc3)n(-c3ccccc3)c3ccccc23)S1. The Morgan fingerprint density at radius 3 is 2.13 bits per heavy atom. The number of benzene rings is 3. The number of rotatable bonds is 4. The average molecular weight is 425 g/mol. The van der Waals surface area contributed by atoms with Gasteiger partial charge >= 0.3 is 0 Å². The molecule has 1 aromatic heterocycles. The van der Waals surface area contributed by atoms with Gasteiger partial charge in [0.1, 0.15) is 5.69 Å².